The monoisotopic (exact) mass is 541 g/mol. The molecule has 0 spiro atoms. The van der Waals surface area contributed by atoms with E-state index in [0.717, 1.165) is 61.0 Å². The fourth-order valence-corrected chi connectivity index (χ4v) is 5.39. The first kappa shape index (κ1) is 26.4. The number of hydrogen-bond acceptors (Lipinski definition) is 4. The van der Waals surface area contributed by atoms with Crippen LogP contribution in [-0.4, -0.2) is 7.11 Å². The van der Waals surface area contributed by atoms with E-state index in [0.29, 0.717) is 11.1 Å². The number of anilines is 3. The fraction of sp³-hybridized carbons (Fsp3) is 0.0526. The zero-order chi connectivity index (χ0) is 29.1. The highest BCUT2D eigenvalue weighted by Crippen LogP contribution is 2.36. The van der Waals surface area contributed by atoms with Crippen molar-refractivity contribution in [2.24, 2.45) is 0 Å². The number of fused-ring (bicyclic) bond motifs is 3. The number of aryl methyl sites for hydroxylation is 1. The Labute approximate surface area is 245 Å². The Morgan fingerprint density at radius 2 is 1.10 bits per heavy atom. The van der Waals surface area contributed by atoms with Gasteiger partial charge in [-0.15, -0.1) is 0 Å². The van der Waals surface area contributed by atoms with E-state index in [9.17, 15) is 10.5 Å². The van der Waals surface area contributed by atoms with Gasteiger partial charge in [0.15, 0.2) is 0 Å². The van der Waals surface area contributed by atoms with Gasteiger partial charge in [-0.25, -0.2) is 0 Å². The Balaban J connectivity index is 1.35. The van der Waals surface area contributed by atoms with E-state index in [1.165, 1.54) is 0 Å². The molecule has 42 heavy (non-hydrogen) atoms. The van der Waals surface area contributed by atoms with Crippen molar-refractivity contribution < 1.29 is 4.74 Å². The second-order valence-electron chi connectivity index (χ2n) is 10.1. The highest BCUT2D eigenvalue weighted by molar-refractivity contribution is 6.13. The number of para-hydroxylation sites is 1. The molecule has 0 aliphatic rings. The number of benzene rings is 6. The molecule has 0 N–H and O–H groups in total. The summed E-state index contributed by atoms with van der Waals surface area (Å²) in [5.41, 5.74) is 7.22. The summed E-state index contributed by atoms with van der Waals surface area (Å²) in [5, 5.41) is 23.3. The van der Waals surface area contributed by atoms with E-state index < -0.39 is 0 Å². The molecule has 0 heterocycles. The molecule has 0 saturated carbocycles. The maximum atomic E-state index is 9.89. The molecule has 4 nitrogen and oxygen atoms in total. The van der Waals surface area contributed by atoms with Crippen molar-refractivity contribution >= 4 is 50.8 Å². The van der Waals surface area contributed by atoms with E-state index in [2.05, 4.69) is 89.9 Å². The number of methoxy groups -OCH3 is 1. The topological polar surface area (TPSA) is 60.0 Å². The second-order valence-corrected chi connectivity index (χ2v) is 10.1. The molecule has 0 atom stereocenters. The van der Waals surface area contributed by atoms with Gasteiger partial charge in [-0.3, -0.25) is 0 Å². The van der Waals surface area contributed by atoms with Gasteiger partial charge in [-0.1, -0.05) is 78.4 Å². The first-order valence-corrected chi connectivity index (χ1v) is 13.7. The van der Waals surface area contributed by atoms with E-state index >= 15 is 0 Å². The third-order valence-corrected chi connectivity index (χ3v) is 7.49. The highest BCUT2D eigenvalue weighted by Gasteiger charge is 2.15. The van der Waals surface area contributed by atoms with Crippen LogP contribution in [0.15, 0.2) is 115 Å². The van der Waals surface area contributed by atoms with Crippen LogP contribution < -0.4 is 9.64 Å². The van der Waals surface area contributed by atoms with Crippen molar-refractivity contribution in [3.8, 4) is 17.9 Å². The molecular weight excluding hydrogens is 514 g/mol. The molecule has 0 bridgehead atoms. The van der Waals surface area contributed by atoms with Crippen LogP contribution in [0.3, 0.4) is 0 Å². The van der Waals surface area contributed by atoms with Gasteiger partial charge in [-0.2, -0.15) is 10.5 Å². The number of hydrogen-bond donors (Lipinski definition) is 0. The lowest BCUT2D eigenvalue weighted by atomic mass is 9.91. The Hall–Kier alpha value is -5.84. The molecule has 0 aliphatic carbocycles. The van der Waals surface area contributed by atoms with Crippen LogP contribution in [0.2, 0.25) is 0 Å². The van der Waals surface area contributed by atoms with Crippen LogP contribution in [0.25, 0.3) is 33.7 Å². The molecule has 6 rings (SSSR count). The van der Waals surface area contributed by atoms with Crippen LogP contribution in [0.5, 0.6) is 5.75 Å². The van der Waals surface area contributed by atoms with Crippen molar-refractivity contribution in [2.75, 3.05) is 12.0 Å². The van der Waals surface area contributed by atoms with Gasteiger partial charge in [0.05, 0.1) is 18.2 Å². The molecule has 0 unspecified atom stereocenters. The van der Waals surface area contributed by atoms with Gasteiger partial charge in [0, 0.05) is 27.8 Å². The number of nitriles is 2. The van der Waals surface area contributed by atoms with Gasteiger partial charge in [0.1, 0.15) is 17.9 Å². The van der Waals surface area contributed by atoms with Crippen molar-refractivity contribution in [3.63, 3.8) is 0 Å². The SMILES string of the molecule is COc1ccc(N(c2ccccc2)c2ccc(/C=C/c3ccc4c(C#N)c(C#N)c5ccc(C)cc5c4c3)cc2)cc1. The average Bonchev–Trinajstić information content (AvgIpc) is 3.04. The molecule has 0 aromatic heterocycles. The highest BCUT2D eigenvalue weighted by atomic mass is 16.5. The van der Waals surface area contributed by atoms with Crippen LogP contribution in [-0.2, 0) is 0 Å². The summed E-state index contributed by atoms with van der Waals surface area (Å²) >= 11 is 0. The van der Waals surface area contributed by atoms with Gasteiger partial charge < -0.3 is 9.64 Å². The van der Waals surface area contributed by atoms with Crippen LogP contribution in [0.4, 0.5) is 17.1 Å². The average molecular weight is 542 g/mol. The summed E-state index contributed by atoms with van der Waals surface area (Å²) in [6, 6.07) is 43.4. The summed E-state index contributed by atoms with van der Waals surface area (Å²) < 4.78 is 5.36. The molecule has 6 aromatic rings. The van der Waals surface area contributed by atoms with Crippen LogP contribution >= 0.6 is 0 Å². The van der Waals surface area contributed by atoms with Gasteiger partial charge in [0.2, 0.25) is 0 Å². The zero-order valence-electron chi connectivity index (χ0n) is 23.4. The lowest BCUT2D eigenvalue weighted by Gasteiger charge is -2.25. The van der Waals surface area contributed by atoms with Gasteiger partial charge in [0.25, 0.3) is 0 Å². The minimum Gasteiger partial charge on any atom is -0.497 e. The smallest absolute Gasteiger partial charge is 0.119 e. The Morgan fingerprint density at radius 3 is 1.71 bits per heavy atom. The van der Waals surface area contributed by atoms with Gasteiger partial charge >= 0.3 is 0 Å². The second kappa shape index (κ2) is 11.3. The van der Waals surface area contributed by atoms with E-state index in [1.807, 2.05) is 61.5 Å². The normalized spacial score (nSPS) is 11.0. The van der Waals surface area contributed by atoms with Crippen LogP contribution in [0.1, 0.15) is 27.8 Å². The molecule has 0 fully saturated rings. The zero-order valence-corrected chi connectivity index (χ0v) is 23.4. The number of nitrogens with zero attached hydrogens (tertiary/aromatic N) is 3. The van der Waals surface area contributed by atoms with Crippen molar-refractivity contribution in [1.29, 1.82) is 10.5 Å². The summed E-state index contributed by atoms with van der Waals surface area (Å²) in [6.45, 7) is 2.04. The van der Waals surface area contributed by atoms with E-state index in [1.54, 1.807) is 7.11 Å². The Morgan fingerprint density at radius 1 is 0.571 bits per heavy atom. The lowest BCUT2D eigenvalue weighted by Crippen LogP contribution is -2.09. The predicted molar refractivity (Wildman–Crippen MR) is 172 cm³/mol. The fourth-order valence-electron chi connectivity index (χ4n) is 5.39. The van der Waals surface area contributed by atoms with E-state index in [4.69, 9.17) is 4.74 Å². The van der Waals surface area contributed by atoms with Crippen molar-refractivity contribution in [2.45, 2.75) is 6.92 Å². The third kappa shape index (κ3) is 4.94. The standard InChI is InChI=1S/C38H27N3O/c1-26-8-20-33-35(22-26)36-23-28(13-21-34(36)38(25-40)37(33)24-39)10-9-27-11-14-30(15-12-27)41(29-6-4-3-5-7-29)31-16-18-32(42-2)19-17-31/h3-23H,1-2H3/b10-9+. The lowest BCUT2D eigenvalue weighted by molar-refractivity contribution is 0.415. The first-order valence-electron chi connectivity index (χ1n) is 13.7. The minimum atomic E-state index is 0.426. The largest absolute Gasteiger partial charge is 0.497 e. The molecule has 0 aliphatic heterocycles. The van der Waals surface area contributed by atoms with Crippen molar-refractivity contribution in [3.05, 3.63) is 143 Å². The quantitative estimate of drug-likeness (QED) is 0.156. The summed E-state index contributed by atoms with van der Waals surface area (Å²) in [6.07, 6.45) is 4.17. The van der Waals surface area contributed by atoms with Crippen molar-refractivity contribution in [1.82, 2.24) is 0 Å². The maximum absolute atomic E-state index is 9.89. The summed E-state index contributed by atoms with van der Waals surface area (Å²) in [4.78, 5) is 2.21. The molecule has 4 heteroatoms. The minimum absolute atomic E-state index is 0.426. The Bertz CT molecular complexity index is 2030. The van der Waals surface area contributed by atoms with E-state index in [-0.39, 0.29) is 0 Å². The number of rotatable bonds is 6. The number of ether oxygens (including phenoxy) is 1. The maximum Gasteiger partial charge on any atom is 0.119 e. The van der Waals surface area contributed by atoms with Crippen LogP contribution in [0, 0.1) is 29.6 Å². The Kier molecular flexibility index (Phi) is 7.12. The summed E-state index contributed by atoms with van der Waals surface area (Å²) in [7, 11) is 1.67. The van der Waals surface area contributed by atoms with Gasteiger partial charge in [-0.05, 0) is 83.4 Å². The summed E-state index contributed by atoms with van der Waals surface area (Å²) in [5.74, 6) is 0.818. The molecule has 0 saturated heterocycles. The predicted octanol–water partition coefficient (Wildman–Crippen LogP) is 9.69. The molecule has 0 radical (unpaired) electrons. The molecule has 200 valence electrons. The third-order valence-electron chi connectivity index (χ3n) is 7.49. The molecular formula is C38H27N3O. The first-order chi connectivity index (χ1) is 20.6. The molecule has 6 aromatic carbocycles. The molecule has 0 amide bonds.